The van der Waals surface area contributed by atoms with Crippen LogP contribution in [0.3, 0.4) is 0 Å². The lowest BCUT2D eigenvalue weighted by molar-refractivity contribution is 1.26. The third-order valence-corrected chi connectivity index (χ3v) is 12.4. The van der Waals surface area contributed by atoms with E-state index in [0.717, 1.165) is 33.7 Å². The van der Waals surface area contributed by atoms with Crippen LogP contribution >= 0.6 is 11.3 Å². The molecule has 2 heterocycles. The highest BCUT2D eigenvalue weighted by molar-refractivity contribution is 7.27. The first-order valence-corrected chi connectivity index (χ1v) is 19.6. The van der Waals surface area contributed by atoms with E-state index in [2.05, 4.69) is 187 Å². The van der Waals surface area contributed by atoms with Gasteiger partial charge >= 0.3 is 0 Å². The van der Waals surface area contributed by atoms with Gasteiger partial charge in [-0.05, 0) is 80.2 Å². The van der Waals surface area contributed by atoms with Crippen molar-refractivity contribution in [3.05, 3.63) is 194 Å². The Morgan fingerprint density at radius 1 is 0.545 bits per heavy atom. The van der Waals surface area contributed by atoms with Crippen molar-refractivity contribution in [1.29, 1.82) is 0 Å². The molecule has 0 radical (unpaired) electrons. The van der Waals surface area contributed by atoms with Gasteiger partial charge in [0.25, 0.3) is 0 Å². The third-order valence-electron chi connectivity index (χ3n) is 11.3. The van der Waals surface area contributed by atoms with E-state index in [1.54, 1.807) is 0 Å². The fourth-order valence-electron chi connectivity index (χ4n) is 8.64. The number of hydrogen-bond donors (Lipinski definition) is 0. The van der Waals surface area contributed by atoms with Gasteiger partial charge in [0.05, 0.1) is 32.8 Å². The third kappa shape index (κ3) is 4.90. The summed E-state index contributed by atoms with van der Waals surface area (Å²) in [4.78, 5) is 5.47. The molecule has 0 aliphatic heterocycles. The van der Waals surface area contributed by atoms with Crippen LogP contribution in [-0.4, -0.2) is 10.3 Å². The van der Waals surface area contributed by atoms with Crippen LogP contribution in [0, 0.1) is 6.92 Å². The molecule has 0 saturated heterocycles. The molecule has 0 amide bonds. The van der Waals surface area contributed by atoms with Crippen LogP contribution < -0.4 is 0 Å². The number of allylic oxidation sites excluding steroid dienone is 1. The summed E-state index contributed by atoms with van der Waals surface area (Å²) >= 11 is 1.88. The molecule has 0 aliphatic rings. The number of nitrogens with zero attached hydrogens (tertiary/aromatic N) is 2. The Bertz CT molecular complexity index is 3390. The molecule has 11 rings (SSSR count). The van der Waals surface area contributed by atoms with Crippen molar-refractivity contribution >= 4 is 103 Å². The number of aryl methyl sites for hydroxylation is 1. The largest absolute Gasteiger partial charge is 0.306 e. The smallest absolute Gasteiger partial charge is 0.0943 e. The second-order valence-corrected chi connectivity index (χ2v) is 15.5. The highest BCUT2D eigenvalue weighted by Gasteiger charge is 2.24. The van der Waals surface area contributed by atoms with Gasteiger partial charge in [0.1, 0.15) is 0 Å². The van der Waals surface area contributed by atoms with Crippen molar-refractivity contribution in [2.45, 2.75) is 6.92 Å². The van der Waals surface area contributed by atoms with Crippen LogP contribution in [0.2, 0.25) is 0 Å². The maximum Gasteiger partial charge on any atom is 0.0943 e. The summed E-state index contributed by atoms with van der Waals surface area (Å²) in [6, 6.07) is 63.5. The van der Waals surface area contributed by atoms with Crippen LogP contribution in [0.4, 0.5) is 5.69 Å². The van der Waals surface area contributed by atoms with Crippen LogP contribution in [-0.2, 0) is 0 Å². The minimum Gasteiger partial charge on any atom is -0.306 e. The highest BCUT2D eigenvalue weighted by Crippen LogP contribution is 2.48. The predicted octanol–water partition coefficient (Wildman–Crippen LogP) is 14.9. The Labute approximate surface area is 322 Å². The van der Waals surface area contributed by atoms with E-state index < -0.39 is 0 Å². The summed E-state index contributed by atoms with van der Waals surface area (Å²) in [5.41, 5.74) is 9.43. The van der Waals surface area contributed by atoms with Crippen molar-refractivity contribution in [3.63, 3.8) is 0 Å². The van der Waals surface area contributed by atoms with Gasteiger partial charge in [-0.3, -0.25) is 0 Å². The van der Waals surface area contributed by atoms with Crippen molar-refractivity contribution in [2.24, 2.45) is 4.99 Å². The molecular formula is C52H34N2S. The molecular weight excluding hydrogens is 685 g/mol. The van der Waals surface area contributed by atoms with Gasteiger partial charge in [0, 0.05) is 31.8 Å². The van der Waals surface area contributed by atoms with E-state index in [-0.39, 0.29) is 0 Å². The average Bonchev–Trinajstić information content (AvgIpc) is 3.78. The van der Waals surface area contributed by atoms with Gasteiger partial charge in [-0.1, -0.05) is 158 Å². The number of thiophene rings is 1. The second kappa shape index (κ2) is 12.4. The van der Waals surface area contributed by atoms with Crippen molar-refractivity contribution < 1.29 is 0 Å². The number of hydrogen-bond acceptors (Lipinski definition) is 2. The minimum absolute atomic E-state index is 0.839. The summed E-state index contributed by atoms with van der Waals surface area (Å²) in [7, 11) is 0. The lowest BCUT2D eigenvalue weighted by Gasteiger charge is -2.17. The lowest BCUT2D eigenvalue weighted by Crippen LogP contribution is -2.10. The Morgan fingerprint density at radius 2 is 1.16 bits per heavy atom. The molecule has 0 saturated carbocycles. The van der Waals surface area contributed by atoms with Gasteiger partial charge in [0.2, 0.25) is 0 Å². The first-order valence-electron chi connectivity index (χ1n) is 18.7. The Kier molecular flexibility index (Phi) is 7.13. The molecule has 55 heavy (non-hydrogen) atoms. The number of para-hydroxylation sites is 2. The van der Waals surface area contributed by atoms with Crippen LogP contribution in [0.1, 0.15) is 11.1 Å². The normalized spacial score (nSPS) is 12.3. The molecule has 0 N–H and O–H groups in total. The minimum atomic E-state index is 0.839. The van der Waals surface area contributed by atoms with Gasteiger partial charge in [-0.25, -0.2) is 4.99 Å². The van der Waals surface area contributed by atoms with Crippen molar-refractivity contribution in [2.75, 3.05) is 0 Å². The second-order valence-electron chi connectivity index (χ2n) is 14.4. The fourth-order valence-corrected chi connectivity index (χ4v) is 9.93. The summed E-state index contributed by atoms with van der Waals surface area (Å²) < 4.78 is 4.94. The number of aliphatic imine (C=N–C) groups is 1. The number of aromatic nitrogens is 1. The topological polar surface area (TPSA) is 17.3 Å². The number of benzene rings is 9. The van der Waals surface area contributed by atoms with Crippen LogP contribution in [0.25, 0.3) is 91.1 Å². The molecule has 11 aromatic rings. The zero-order chi connectivity index (χ0) is 36.6. The molecule has 0 fully saturated rings. The molecule has 0 spiro atoms. The van der Waals surface area contributed by atoms with Crippen LogP contribution in [0.15, 0.2) is 187 Å². The molecule has 0 unspecified atom stereocenters. The lowest BCUT2D eigenvalue weighted by atomic mass is 9.96. The van der Waals surface area contributed by atoms with Crippen LogP contribution in [0.5, 0.6) is 0 Å². The first kappa shape index (κ1) is 31.7. The first-order chi connectivity index (χ1) is 27.1. The molecule has 0 bridgehead atoms. The number of fused-ring (bicyclic) bond motifs is 12. The SMILES string of the molecule is C=C(C(=Nc1ccccc1C)c1ccc(-c2cccc3ccccc23)cc1)n1c2ccccc2c2c3ccccc3c3c4cc5ccccc5cc4sc3c21. The van der Waals surface area contributed by atoms with E-state index in [4.69, 9.17) is 11.6 Å². The predicted molar refractivity (Wildman–Crippen MR) is 239 cm³/mol. The molecule has 2 nitrogen and oxygen atoms in total. The fraction of sp³-hybridized carbons (Fsp3) is 0.0192. The summed E-state index contributed by atoms with van der Waals surface area (Å²) in [5.74, 6) is 0. The zero-order valence-corrected chi connectivity index (χ0v) is 31.1. The Morgan fingerprint density at radius 3 is 1.95 bits per heavy atom. The molecule has 3 heteroatoms. The van der Waals surface area contributed by atoms with Crippen molar-refractivity contribution in [1.82, 2.24) is 4.57 Å². The number of rotatable bonds is 5. The van der Waals surface area contributed by atoms with Gasteiger partial charge in [-0.15, -0.1) is 11.3 Å². The maximum atomic E-state index is 5.47. The molecule has 258 valence electrons. The molecule has 2 aromatic heterocycles. The van der Waals surface area contributed by atoms with E-state index in [0.29, 0.717) is 0 Å². The Hall–Kier alpha value is -6.81. The molecule has 9 aromatic carbocycles. The van der Waals surface area contributed by atoms with E-state index in [9.17, 15) is 0 Å². The van der Waals surface area contributed by atoms with E-state index >= 15 is 0 Å². The van der Waals surface area contributed by atoms with Gasteiger partial charge < -0.3 is 4.57 Å². The average molecular weight is 719 g/mol. The van der Waals surface area contributed by atoms with Gasteiger partial charge in [0.15, 0.2) is 0 Å². The molecule has 0 atom stereocenters. The zero-order valence-electron chi connectivity index (χ0n) is 30.3. The van der Waals surface area contributed by atoms with Crippen molar-refractivity contribution in [3.8, 4) is 11.1 Å². The van der Waals surface area contributed by atoms with E-state index in [1.807, 2.05) is 11.3 Å². The highest BCUT2D eigenvalue weighted by atomic mass is 32.1. The maximum absolute atomic E-state index is 5.47. The summed E-state index contributed by atoms with van der Waals surface area (Å²) in [5, 5.41) is 12.6. The quantitative estimate of drug-likeness (QED) is 0.158. The monoisotopic (exact) mass is 718 g/mol. The van der Waals surface area contributed by atoms with E-state index in [1.165, 1.54) is 79.9 Å². The standard InChI is InChI=1S/C52H34N2S/c1-32-14-3-11-24-45(32)53-50(36-28-26-35(27-29-36)40-23-13-18-34-15-6-7-19-39(34)40)33(2)54-46-25-12-10-22-43(46)48-41-20-8-9-21-42(41)49-44-30-37-16-4-5-17-38(37)31-47(44)55-52(49)51(48)54/h3-31H,2H2,1H3. The van der Waals surface area contributed by atoms with Gasteiger partial charge in [-0.2, -0.15) is 0 Å². The Balaban J connectivity index is 1.20. The summed E-state index contributed by atoms with van der Waals surface area (Å²) in [6.45, 7) is 7.07. The molecule has 0 aliphatic carbocycles. The summed E-state index contributed by atoms with van der Waals surface area (Å²) in [6.07, 6.45) is 0.